The SMILES string of the molecule is C[C@@H]1CCCCN1c1nnc(NC(=O)Nc2ccccc2Cl)s1. The van der Waals surface area contributed by atoms with Gasteiger partial charge >= 0.3 is 6.03 Å². The molecule has 2 amide bonds. The highest BCUT2D eigenvalue weighted by molar-refractivity contribution is 7.19. The molecule has 0 unspecified atom stereocenters. The molecule has 0 aliphatic carbocycles. The van der Waals surface area contributed by atoms with Crippen LogP contribution in [0.2, 0.25) is 5.02 Å². The molecule has 1 aliphatic rings. The summed E-state index contributed by atoms with van der Waals surface area (Å²) in [4.78, 5) is 14.3. The molecule has 0 saturated carbocycles. The molecule has 1 aliphatic heterocycles. The summed E-state index contributed by atoms with van der Waals surface area (Å²) in [7, 11) is 0. The number of carbonyl (C=O) groups excluding carboxylic acids is 1. The largest absolute Gasteiger partial charge is 0.344 e. The number of nitrogens with zero attached hydrogens (tertiary/aromatic N) is 3. The monoisotopic (exact) mass is 351 g/mol. The number of anilines is 3. The number of urea groups is 1. The Labute approximate surface area is 143 Å². The quantitative estimate of drug-likeness (QED) is 0.868. The Morgan fingerprint density at radius 1 is 1.30 bits per heavy atom. The Bertz CT molecular complexity index is 692. The first-order valence-electron chi connectivity index (χ1n) is 7.56. The van der Waals surface area contributed by atoms with Crippen LogP contribution in [0.25, 0.3) is 0 Å². The molecule has 2 N–H and O–H groups in total. The zero-order chi connectivity index (χ0) is 16.2. The van der Waals surface area contributed by atoms with Crippen molar-refractivity contribution in [2.45, 2.75) is 32.2 Å². The molecule has 1 aromatic carbocycles. The van der Waals surface area contributed by atoms with Gasteiger partial charge in [-0.05, 0) is 38.3 Å². The van der Waals surface area contributed by atoms with Gasteiger partial charge in [0.25, 0.3) is 0 Å². The van der Waals surface area contributed by atoms with Crippen LogP contribution >= 0.6 is 22.9 Å². The van der Waals surface area contributed by atoms with Gasteiger partial charge in [0, 0.05) is 12.6 Å². The van der Waals surface area contributed by atoms with Crippen molar-refractivity contribution in [2.75, 3.05) is 22.1 Å². The molecule has 1 atom stereocenters. The van der Waals surface area contributed by atoms with E-state index in [1.807, 2.05) is 12.1 Å². The molecular weight excluding hydrogens is 334 g/mol. The first-order valence-corrected chi connectivity index (χ1v) is 8.75. The van der Waals surface area contributed by atoms with Gasteiger partial charge in [0.05, 0.1) is 10.7 Å². The predicted octanol–water partition coefficient (Wildman–Crippen LogP) is 4.21. The van der Waals surface area contributed by atoms with Gasteiger partial charge in [-0.15, -0.1) is 10.2 Å². The van der Waals surface area contributed by atoms with Gasteiger partial charge in [0.15, 0.2) is 0 Å². The molecule has 0 spiro atoms. The van der Waals surface area contributed by atoms with Gasteiger partial charge in [-0.2, -0.15) is 0 Å². The number of rotatable bonds is 3. The molecule has 0 radical (unpaired) electrons. The average molecular weight is 352 g/mol. The minimum atomic E-state index is -0.382. The minimum absolute atomic E-state index is 0.382. The Morgan fingerprint density at radius 3 is 2.91 bits per heavy atom. The Hall–Kier alpha value is -1.86. The second kappa shape index (κ2) is 7.14. The molecule has 2 aromatic rings. The van der Waals surface area contributed by atoms with Gasteiger partial charge in [-0.1, -0.05) is 35.1 Å². The Morgan fingerprint density at radius 2 is 2.13 bits per heavy atom. The van der Waals surface area contributed by atoms with E-state index in [9.17, 15) is 4.79 Å². The van der Waals surface area contributed by atoms with Crippen LogP contribution in [0.4, 0.5) is 20.7 Å². The zero-order valence-electron chi connectivity index (χ0n) is 12.8. The van der Waals surface area contributed by atoms with Crippen molar-refractivity contribution in [2.24, 2.45) is 0 Å². The average Bonchev–Trinajstić information content (AvgIpc) is 2.98. The fourth-order valence-electron chi connectivity index (χ4n) is 2.58. The molecule has 122 valence electrons. The lowest BCUT2D eigenvalue weighted by atomic mass is 10.1. The highest BCUT2D eigenvalue weighted by atomic mass is 35.5. The summed E-state index contributed by atoms with van der Waals surface area (Å²) in [5.74, 6) is 0. The molecule has 8 heteroatoms. The number of carbonyl (C=O) groups is 1. The molecular formula is C15H18ClN5OS. The molecule has 6 nitrogen and oxygen atoms in total. The third-order valence-corrected chi connectivity index (χ3v) is 5.01. The molecule has 2 heterocycles. The number of benzene rings is 1. The molecule has 0 bridgehead atoms. The molecule has 1 aromatic heterocycles. The van der Waals surface area contributed by atoms with Crippen molar-refractivity contribution in [1.29, 1.82) is 0 Å². The lowest BCUT2D eigenvalue weighted by Crippen LogP contribution is -2.37. The van der Waals surface area contributed by atoms with Crippen LogP contribution in [-0.2, 0) is 0 Å². The second-order valence-corrected chi connectivity index (χ2v) is 6.85. The summed E-state index contributed by atoms with van der Waals surface area (Å²) in [6.45, 7) is 3.18. The number of nitrogens with one attached hydrogen (secondary N) is 2. The summed E-state index contributed by atoms with van der Waals surface area (Å²) in [5, 5.41) is 15.5. The van der Waals surface area contributed by atoms with E-state index < -0.39 is 0 Å². The maximum absolute atomic E-state index is 12.0. The fourth-order valence-corrected chi connectivity index (χ4v) is 3.63. The first kappa shape index (κ1) is 16.0. The third kappa shape index (κ3) is 3.92. The summed E-state index contributed by atoms with van der Waals surface area (Å²) in [6, 6.07) is 7.15. The van der Waals surface area contributed by atoms with Crippen LogP contribution in [0.5, 0.6) is 0 Å². The van der Waals surface area contributed by atoms with Crippen molar-refractivity contribution in [3.63, 3.8) is 0 Å². The first-order chi connectivity index (χ1) is 11.1. The van der Waals surface area contributed by atoms with Crippen molar-refractivity contribution >= 4 is 44.9 Å². The molecule has 1 saturated heterocycles. The summed E-state index contributed by atoms with van der Waals surface area (Å²) in [6.07, 6.45) is 3.58. The number of piperidine rings is 1. The van der Waals surface area contributed by atoms with E-state index in [1.165, 1.54) is 24.2 Å². The number of hydrogen-bond donors (Lipinski definition) is 2. The van der Waals surface area contributed by atoms with E-state index in [-0.39, 0.29) is 6.03 Å². The molecule has 23 heavy (non-hydrogen) atoms. The summed E-state index contributed by atoms with van der Waals surface area (Å²) < 4.78 is 0. The maximum Gasteiger partial charge on any atom is 0.325 e. The van der Waals surface area contributed by atoms with Crippen molar-refractivity contribution < 1.29 is 4.79 Å². The number of halogens is 1. The van der Waals surface area contributed by atoms with Gasteiger partial charge in [-0.3, -0.25) is 5.32 Å². The highest BCUT2D eigenvalue weighted by Gasteiger charge is 2.22. The second-order valence-electron chi connectivity index (χ2n) is 5.49. The lowest BCUT2D eigenvalue weighted by Gasteiger charge is -2.32. The Balaban J connectivity index is 1.62. The maximum atomic E-state index is 12.0. The third-order valence-electron chi connectivity index (χ3n) is 3.81. The number of hydrogen-bond acceptors (Lipinski definition) is 5. The van der Waals surface area contributed by atoms with Gasteiger partial charge in [0.2, 0.25) is 10.3 Å². The zero-order valence-corrected chi connectivity index (χ0v) is 14.3. The van der Waals surface area contributed by atoms with E-state index in [1.54, 1.807) is 12.1 Å². The van der Waals surface area contributed by atoms with Crippen molar-refractivity contribution in [3.05, 3.63) is 29.3 Å². The van der Waals surface area contributed by atoms with E-state index in [0.29, 0.717) is 21.9 Å². The van der Waals surface area contributed by atoms with Crippen LogP contribution in [0, 0.1) is 0 Å². The van der Waals surface area contributed by atoms with Gasteiger partial charge in [-0.25, -0.2) is 4.79 Å². The lowest BCUT2D eigenvalue weighted by molar-refractivity contribution is 0.262. The number of para-hydroxylation sites is 1. The van der Waals surface area contributed by atoms with E-state index >= 15 is 0 Å². The number of amides is 2. The van der Waals surface area contributed by atoms with Gasteiger partial charge in [0.1, 0.15) is 0 Å². The van der Waals surface area contributed by atoms with E-state index in [0.717, 1.165) is 18.1 Å². The predicted molar refractivity (Wildman–Crippen MR) is 94.7 cm³/mol. The van der Waals surface area contributed by atoms with E-state index in [2.05, 4.69) is 32.7 Å². The standard InChI is InChI=1S/C15H18ClN5OS/c1-10-6-4-5-9-21(10)15-20-19-14(23-15)18-13(22)17-12-8-3-2-7-11(12)16/h2-3,7-8,10H,4-6,9H2,1H3,(H2,17,18,19,22)/t10-/m1/s1. The number of aromatic nitrogens is 2. The normalized spacial score (nSPS) is 17.8. The Kier molecular flexibility index (Phi) is 4.97. The van der Waals surface area contributed by atoms with Crippen molar-refractivity contribution in [1.82, 2.24) is 10.2 Å². The molecule has 3 rings (SSSR count). The van der Waals surface area contributed by atoms with Crippen LogP contribution in [0.3, 0.4) is 0 Å². The minimum Gasteiger partial charge on any atom is -0.344 e. The van der Waals surface area contributed by atoms with Crippen LogP contribution < -0.4 is 15.5 Å². The van der Waals surface area contributed by atoms with E-state index in [4.69, 9.17) is 11.6 Å². The van der Waals surface area contributed by atoms with Crippen LogP contribution in [0.1, 0.15) is 26.2 Å². The van der Waals surface area contributed by atoms with Crippen LogP contribution in [-0.4, -0.2) is 28.8 Å². The smallest absolute Gasteiger partial charge is 0.325 e. The summed E-state index contributed by atoms with van der Waals surface area (Å²) in [5.41, 5.74) is 0.557. The fraction of sp³-hybridized carbons (Fsp3) is 0.400. The van der Waals surface area contributed by atoms with Gasteiger partial charge < -0.3 is 10.2 Å². The summed E-state index contributed by atoms with van der Waals surface area (Å²) >= 11 is 7.40. The highest BCUT2D eigenvalue weighted by Crippen LogP contribution is 2.29. The van der Waals surface area contributed by atoms with Crippen molar-refractivity contribution in [3.8, 4) is 0 Å². The molecule has 1 fully saturated rings. The topological polar surface area (TPSA) is 70.2 Å². The van der Waals surface area contributed by atoms with Crippen LogP contribution in [0.15, 0.2) is 24.3 Å².